The van der Waals surface area contributed by atoms with E-state index in [0.29, 0.717) is 6.10 Å². The van der Waals surface area contributed by atoms with Crippen LogP contribution in [0.25, 0.3) is 11.3 Å². The molecule has 2 heteroatoms. The van der Waals surface area contributed by atoms with Gasteiger partial charge in [-0.2, -0.15) is 0 Å². The Balaban J connectivity index is 1.93. The zero-order valence-corrected chi connectivity index (χ0v) is 8.26. The van der Waals surface area contributed by atoms with Gasteiger partial charge in [0.2, 0.25) is 0 Å². The summed E-state index contributed by atoms with van der Waals surface area (Å²) in [5.41, 5.74) is 3.43. The van der Waals surface area contributed by atoms with Crippen molar-refractivity contribution in [3.63, 3.8) is 0 Å². The van der Waals surface area contributed by atoms with Crippen molar-refractivity contribution in [2.75, 3.05) is 6.61 Å². The fourth-order valence-corrected chi connectivity index (χ4v) is 1.64. The summed E-state index contributed by atoms with van der Waals surface area (Å²) in [6.45, 7) is 0.864. The Morgan fingerprint density at radius 3 is 2.47 bits per heavy atom. The maximum Gasteiger partial charge on any atom is 0.106 e. The number of pyridine rings is 1. The van der Waals surface area contributed by atoms with Gasteiger partial charge in [-0.1, -0.05) is 30.3 Å². The van der Waals surface area contributed by atoms with Crippen molar-refractivity contribution >= 4 is 0 Å². The molecule has 0 amide bonds. The monoisotopic (exact) mass is 197 g/mol. The minimum Gasteiger partial charge on any atom is -0.368 e. The molecule has 0 bridgehead atoms. The lowest BCUT2D eigenvalue weighted by Gasteiger charge is -2.01. The highest BCUT2D eigenvalue weighted by molar-refractivity contribution is 5.59. The molecule has 1 atom stereocenters. The number of hydrogen-bond donors (Lipinski definition) is 0. The van der Waals surface area contributed by atoms with Gasteiger partial charge in [0.15, 0.2) is 0 Å². The normalized spacial score (nSPS) is 18.8. The van der Waals surface area contributed by atoms with Gasteiger partial charge in [0.05, 0.1) is 12.3 Å². The molecule has 1 fully saturated rings. The second kappa shape index (κ2) is 3.48. The molecule has 3 rings (SSSR count). The van der Waals surface area contributed by atoms with Crippen LogP contribution in [-0.4, -0.2) is 11.6 Å². The number of nitrogens with zero attached hydrogens (tertiary/aromatic N) is 1. The summed E-state index contributed by atoms with van der Waals surface area (Å²) in [5.74, 6) is 0. The van der Waals surface area contributed by atoms with Gasteiger partial charge in [0.25, 0.3) is 0 Å². The molecule has 0 N–H and O–H groups in total. The van der Waals surface area contributed by atoms with Gasteiger partial charge in [-0.15, -0.1) is 0 Å². The van der Waals surface area contributed by atoms with Crippen molar-refractivity contribution in [2.45, 2.75) is 6.10 Å². The Kier molecular flexibility index (Phi) is 2.00. The number of epoxide rings is 1. The molecule has 1 aliphatic heterocycles. The quantitative estimate of drug-likeness (QED) is 0.692. The predicted octanol–water partition coefficient (Wildman–Crippen LogP) is 2.82. The van der Waals surface area contributed by atoms with E-state index < -0.39 is 0 Å². The molecule has 2 nitrogen and oxygen atoms in total. The fraction of sp³-hybridized carbons (Fsp3) is 0.154. The molecule has 1 unspecified atom stereocenters. The number of aromatic nitrogens is 1. The van der Waals surface area contributed by atoms with Gasteiger partial charge in [-0.05, 0) is 17.7 Å². The van der Waals surface area contributed by atoms with E-state index in [2.05, 4.69) is 29.2 Å². The first-order valence-electron chi connectivity index (χ1n) is 5.06. The summed E-state index contributed by atoms with van der Waals surface area (Å²) in [6, 6.07) is 14.4. The van der Waals surface area contributed by atoms with Crippen LogP contribution in [0, 0.1) is 0 Å². The SMILES string of the molecule is c1ccc(-c2ccc(C3CO3)cc2)nc1. The molecule has 74 valence electrons. The number of hydrogen-bond acceptors (Lipinski definition) is 2. The minimum atomic E-state index is 0.336. The average Bonchev–Trinajstić information content (AvgIpc) is 3.15. The molecule has 1 aromatic heterocycles. The zero-order chi connectivity index (χ0) is 10.1. The van der Waals surface area contributed by atoms with E-state index in [1.54, 1.807) is 0 Å². The summed E-state index contributed by atoms with van der Waals surface area (Å²) in [6.07, 6.45) is 2.15. The van der Waals surface area contributed by atoms with E-state index in [4.69, 9.17) is 4.74 Å². The Bertz CT molecular complexity index is 446. The number of benzene rings is 1. The summed E-state index contributed by atoms with van der Waals surface area (Å²) in [4.78, 5) is 4.31. The van der Waals surface area contributed by atoms with Gasteiger partial charge in [-0.3, -0.25) is 4.98 Å². The molecule has 0 aliphatic carbocycles. The third-order valence-electron chi connectivity index (χ3n) is 2.58. The van der Waals surface area contributed by atoms with Crippen LogP contribution < -0.4 is 0 Å². The van der Waals surface area contributed by atoms with E-state index in [-0.39, 0.29) is 0 Å². The first kappa shape index (κ1) is 8.62. The third-order valence-corrected chi connectivity index (χ3v) is 2.58. The van der Waals surface area contributed by atoms with Crippen LogP contribution in [0.4, 0.5) is 0 Å². The summed E-state index contributed by atoms with van der Waals surface area (Å²) in [7, 11) is 0. The van der Waals surface area contributed by atoms with Crippen LogP contribution >= 0.6 is 0 Å². The summed E-state index contributed by atoms with van der Waals surface area (Å²) < 4.78 is 5.22. The summed E-state index contributed by atoms with van der Waals surface area (Å²) >= 11 is 0. The van der Waals surface area contributed by atoms with Gasteiger partial charge in [-0.25, -0.2) is 0 Å². The van der Waals surface area contributed by atoms with Crippen molar-refractivity contribution < 1.29 is 4.74 Å². The Morgan fingerprint density at radius 1 is 1.07 bits per heavy atom. The predicted molar refractivity (Wildman–Crippen MR) is 58.4 cm³/mol. The Hall–Kier alpha value is -1.67. The molecular weight excluding hydrogens is 186 g/mol. The Labute approximate surface area is 88.5 Å². The van der Waals surface area contributed by atoms with Crippen LogP contribution in [0.15, 0.2) is 48.7 Å². The fourth-order valence-electron chi connectivity index (χ4n) is 1.64. The third kappa shape index (κ3) is 1.76. The van der Waals surface area contributed by atoms with Gasteiger partial charge >= 0.3 is 0 Å². The zero-order valence-electron chi connectivity index (χ0n) is 8.26. The van der Waals surface area contributed by atoms with E-state index in [1.807, 2.05) is 24.4 Å². The molecule has 15 heavy (non-hydrogen) atoms. The summed E-state index contributed by atoms with van der Waals surface area (Å²) in [5, 5.41) is 0. The van der Waals surface area contributed by atoms with Gasteiger partial charge < -0.3 is 4.74 Å². The molecule has 0 radical (unpaired) electrons. The molecule has 1 aliphatic rings. The lowest BCUT2D eigenvalue weighted by Crippen LogP contribution is -1.84. The number of rotatable bonds is 2. The standard InChI is InChI=1S/C13H11NO/c1-2-8-14-12(3-1)10-4-6-11(7-5-10)13-9-15-13/h1-8,13H,9H2. The van der Waals surface area contributed by atoms with E-state index >= 15 is 0 Å². The van der Waals surface area contributed by atoms with E-state index in [0.717, 1.165) is 17.9 Å². The first-order valence-corrected chi connectivity index (χ1v) is 5.06. The molecular formula is C13H11NO. The van der Waals surface area contributed by atoms with Crippen LogP contribution in [-0.2, 0) is 4.74 Å². The molecule has 2 aromatic rings. The highest BCUT2D eigenvalue weighted by Gasteiger charge is 2.24. The van der Waals surface area contributed by atoms with Crippen molar-refractivity contribution in [1.29, 1.82) is 0 Å². The topological polar surface area (TPSA) is 25.4 Å². The highest BCUT2D eigenvalue weighted by Crippen LogP contribution is 2.30. The lowest BCUT2D eigenvalue weighted by atomic mass is 10.1. The molecule has 2 heterocycles. The second-order valence-corrected chi connectivity index (χ2v) is 3.66. The second-order valence-electron chi connectivity index (χ2n) is 3.66. The maximum absolute atomic E-state index is 5.22. The smallest absolute Gasteiger partial charge is 0.106 e. The maximum atomic E-state index is 5.22. The van der Waals surface area contributed by atoms with Crippen LogP contribution in [0.5, 0.6) is 0 Å². The molecule has 1 aromatic carbocycles. The van der Waals surface area contributed by atoms with Gasteiger partial charge in [0, 0.05) is 11.8 Å². The highest BCUT2D eigenvalue weighted by atomic mass is 16.6. The minimum absolute atomic E-state index is 0.336. The van der Waals surface area contributed by atoms with Crippen LogP contribution in [0.2, 0.25) is 0 Å². The van der Waals surface area contributed by atoms with Crippen LogP contribution in [0.1, 0.15) is 11.7 Å². The van der Waals surface area contributed by atoms with Gasteiger partial charge in [0.1, 0.15) is 6.10 Å². The average molecular weight is 197 g/mol. The first-order chi connectivity index (χ1) is 7.43. The lowest BCUT2D eigenvalue weighted by molar-refractivity contribution is 0.415. The number of ether oxygens (including phenoxy) is 1. The van der Waals surface area contributed by atoms with Crippen molar-refractivity contribution in [1.82, 2.24) is 4.98 Å². The van der Waals surface area contributed by atoms with Crippen LogP contribution in [0.3, 0.4) is 0 Å². The Morgan fingerprint density at radius 2 is 1.87 bits per heavy atom. The largest absolute Gasteiger partial charge is 0.368 e. The van der Waals surface area contributed by atoms with Crippen molar-refractivity contribution in [2.24, 2.45) is 0 Å². The molecule has 0 spiro atoms. The van der Waals surface area contributed by atoms with E-state index in [9.17, 15) is 0 Å². The van der Waals surface area contributed by atoms with E-state index in [1.165, 1.54) is 5.56 Å². The molecule has 1 saturated heterocycles. The molecule has 0 saturated carbocycles. The van der Waals surface area contributed by atoms with Crippen molar-refractivity contribution in [3.8, 4) is 11.3 Å². The van der Waals surface area contributed by atoms with Crippen molar-refractivity contribution in [3.05, 3.63) is 54.2 Å².